The number of fused-ring (bicyclic) bond motifs is 5. The Kier molecular flexibility index (Phi) is 5.43. The molecule has 3 aliphatic heterocycles. The third kappa shape index (κ3) is 3.80. The fourth-order valence-corrected chi connectivity index (χ4v) is 5.59. The Hall–Kier alpha value is -2.21. The maximum Gasteiger partial charge on any atom is 0.410 e. The Labute approximate surface area is 201 Å². The Morgan fingerprint density at radius 1 is 1.18 bits per heavy atom. The number of aromatic nitrogens is 2. The van der Waals surface area contributed by atoms with Crippen LogP contribution >= 0.6 is 15.9 Å². The first-order valence-electron chi connectivity index (χ1n) is 10.6. The van der Waals surface area contributed by atoms with Crippen molar-refractivity contribution in [2.75, 3.05) is 31.0 Å². The van der Waals surface area contributed by atoms with E-state index in [4.69, 9.17) is 14.2 Å². The van der Waals surface area contributed by atoms with Crippen LogP contribution in [-0.2, 0) is 15.5 Å². The van der Waals surface area contributed by atoms with Crippen molar-refractivity contribution >= 4 is 49.5 Å². The van der Waals surface area contributed by atoms with Crippen LogP contribution in [-0.4, -0.2) is 69.0 Å². The highest BCUT2D eigenvalue weighted by molar-refractivity contribution is 9.10. The molecule has 4 heterocycles. The molecule has 2 bridgehead atoms. The summed E-state index contributed by atoms with van der Waals surface area (Å²) in [7, 11) is -1.53. The zero-order valence-corrected chi connectivity index (χ0v) is 21.1. The topological polar surface area (TPSA) is 94.1 Å². The van der Waals surface area contributed by atoms with Crippen LogP contribution in [0, 0.1) is 5.82 Å². The normalized spacial score (nSPS) is 22.7. The highest BCUT2D eigenvalue weighted by Crippen LogP contribution is 2.49. The average Bonchev–Trinajstić information content (AvgIpc) is 3.32. The van der Waals surface area contributed by atoms with Crippen molar-refractivity contribution < 1.29 is 27.6 Å². The first kappa shape index (κ1) is 22.6. The van der Waals surface area contributed by atoms with Crippen molar-refractivity contribution in [1.29, 1.82) is 0 Å². The van der Waals surface area contributed by atoms with E-state index in [0.717, 1.165) is 12.8 Å². The van der Waals surface area contributed by atoms with E-state index >= 15 is 4.39 Å². The van der Waals surface area contributed by atoms with Crippen molar-refractivity contribution in [3.63, 3.8) is 0 Å². The second-order valence-corrected chi connectivity index (χ2v) is 11.4. The summed E-state index contributed by atoms with van der Waals surface area (Å²) in [4.78, 5) is 25.4. The van der Waals surface area contributed by atoms with Crippen LogP contribution in [0.25, 0.3) is 10.9 Å². The van der Waals surface area contributed by atoms with Crippen LogP contribution in [0.2, 0.25) is 0 Å². The molecule has 2 aromatic rings. The summed E-state index contributed by atoms with van der Waals surface area (Å²) in [6.07, 6.45) is 2.78. The molecule has 0 aliphatic carbocycles. The summed E-state index contributed by atoms with van der Waals surface area (Å²) >= 11 is 3.22. The summed E-state index contributed by atoms with van der Waals surface area (Å²) < 4.78 is 44.4. The van der Waals surface area contributed by atoms with Gasteiger partial charge >= 0.3 is 6.09 Å². The Morgan fingerprint density at radius 3 is 2.42 bits per heavy atom. The van der Waals surface area contributed by atoms with Crippen molar-refractivity contribution in [2.45, 2.75) is 56.5 Å². The maximum atomic E-state index is 15.3. The van der Waals surface area contributed by atoms with Crippen LogP contribution < -0.4 is 14.4 Å². The Balaban J connectivity index is 1.59. The molecule has 0 radical (unpaired) electrons. The van der Waals surface area contributed by atoms with Gasteiger partial charge in [-0.2, -0.15) is 0 Å². The lowest BCUT2D eigenvalue weighted by Gasteiger charge is -2.42. The van der Waals surface area contributed by atoms with Gasteiger partial charge in [0.25, 0.3) is 0 Å². The van der Waals surface area contributed by atoms with Crippen LogP contribution in [0.4, 0.5) is 15.0 Å². The number of halogens is 2. The molecule has 1 amide bonds. The minimum absolute atomic E-state index is 0.0169. The first-order chi connectivity index (χ1) is 15.5. The standard InChI is InChI=1S/C21H24BrFN4O5S/c1-21(2,3)32-20(28)27-10-5-6-11(27)8-26(7-10)18-12-15(24-19(25-18)33(4)29)14(23)13(22)17-16(12)30-9-31-17/h10-11H,5-9H2,1-4H3. The number of hydrogen-bond acceptors (Lipinski definition) is 8. The molecule has 2 fully saturated rings. The van der Waals surface area contributed by atoms with Crippen LogP contribution in [0.1, 0.15) is 33.6 Å². The minimum atomic E-state index is -1.53. The van der Waals surface area contributed by atoms with E-state index in [9.17, 15) is 9.00 Å². The fraction of sp³-hybridized carbons (Fsp3) is 0.571. The van der Waals surface area contributed by atoms with E-state index in [2.05, 4.69) is 25.9 Å². The van der Waals surface area contributed by atoms with Gasteiger partial charge in [-0.05, 0) is 49.5 Å². The SMILES string of the molecule is CS(=O)c1nc(N2CC3CCC(C2)N3C(=O)OC(C)(C)C)c2c3c(c(Br)c(F)c2n1)OCO3. The molecule has 1 aromatic heterocycles. The number of ether oxygens (including phenoxy) is 3. The number of amides is 1. The molecule has 3 atom stereocenters. The quantitative estimate of drug-likeness (QED) is 0.531. The van der Waals surface area contributed by atoms with Gasteiger partial charge < -0.3 is 19.1 Å². The number of anilines is 1. The van der Waals surface area contributed by atoms with E-state index in [0.29, 0.717) is 30.0 Å². The molecule has 3 aliphatic rings. The molecule has 0 spiro atoms. The molecular formula is C21H24BrFN4O5S. The molecule has 9 nitrogen and oxygen atoms in total. The highest BCUT2D eigenvalue weighted by Gasteiger charge is 2.45. The predicted octanol–water partition coefficient (Wildman–Crippen LogP) is 3.59. The summed E-state index contributed by atoms with van der Waals surface area (Å²) in [5.74, 6) is 0.410. The van der Waals surface area contributed by atoms with Gasteiger partial charge in [0.1, 0.15) is 21.4 Å². The monoisotopic (exact) mass is 542 g/mol. The summed E-state index contributed by atoms with van der Waals surface area (Å²) in [6, 6.07) is -0.158. The van der Waals surface area contributed by atoms with Gasteiger partial charge in [-0.3, -0.25) is 9.11 Å². The number of piperazine rings is 1. The fourth-order valence-electron chi connectivity index (χ4n) is 4.67. The zero-order valence-electron chi connectivity index (χ0n) is 18.7. The van der Waals surface area contributed by atoms with Crippen molar-refractivity contribution in [3.8, 4) is 11.5 Å². The van der Waals surface area contributed by atoms with Gasteiger partial charge in [0.15, 0.2) is 17.3 Å². The van der Waals surface area contributed by atoms with Crippen molar-refractivity contribution in [2.24, 2.45) is 0 Å². The highest BCUT2D eigenvalue weighted by atomic mass is 79.9. The molecule has 0 N–H and O–H groups in total. The van der Waals surface area contributed by atoms with E-state index < -0.39 is 22.2 Å². The third-order valence-corrected chi connectivity index (χ3v) is 7.36. The van der Waals surface area contributed by atoms with E-state index in [-0.39, 0.29) is 45.9 Å². The second-order valence-electron chi connectivity index (χ2n) is 9.38. The number of carbonyl (C=O) groups excluding carboxylic acids is 1. The van der Waals surface area contributed by atoms with Gasteiger partial charge in [-0.15, -0.1) is 0 Å². The summed E-state index contributed by atoms with van der Waals surface area (Å²) in [5.41, 5.74) is -0.567. The van der Waals surface area contributed by atoms with Crippen LogP contribution in [0.15, 0.2) is 9.63 Å². The van der Waals surface area contributed by atoms with Gasteiger partial charge in [0.2, 0.25) is 11.9 Å². The molecule has 3 unspecified atom stereocenters. The first-order valence-corrected chi connectivity index (χ1v) is 13.0. The van der Waals surface area contributed by atoms with Crippen molar-refractivity contribution in [1.82, 2.24) is 14.9 Å². The van der Waals surface area contributed by atoms with Gasteiger partial charge in [0.05, 0.1) is 28.3 Å². The molecule has 33 heavy (non-hydrogen) atoms. The molecule has 2 saturated heterocycles. The molecule has 1 aromatic carbocycles. The van der Waals surface area contributed by atoms with Gasteiger partial charge in [-0.1, -0.05) is 0 Å². The smallest absolute Gasteiger partial charge is 0.410 e. The van der Waals surface area contributed by atoms with Crippen molar-refractivity contribution in [3.05, 3.63) is 10.3 Å². The number of carbonyl (C=O) groups is 1. The number of nitrogens with zero attached hydrogens (tertiary/aromatic N) is 4. The molecule has 5 rings (SSSR count). The lowest BCUT2D eigenvalue weighted by atomic mass is 10.1. The zero-order chi connectivity index (χ0) is 23.7. The molecule has 178 valence electrons. The van der Waals surface area contributed by atoms with Crippen LogP contribution in [0.5, 0.6) is 11.5 Å². The summed E-state index contributed by atoms with van der Waals surface area (Å²) in [5, 5.41) is 0.409. The predicted molar refractivity (Wildman–Crippen MR) is 123 cm³/mol. The van der Waals surface area contributed by atoms with Gasteiger partial charge in [0, 0.05) is 19.3 Å². The second kappa shape index (κ2) is 7.93. The summed E-state index contributed by atoms with van der Waals surface area (Å²) in [6.45, 7) is 6.44. The van der Waals surface area contributed by atoms with E-state index in [1.807, 2.05) is 30.6 Å². The Morgan fingerprint density at radius 2 is 1.82 bits per heavy atom. The molecular weight excluding hydrogens is 519 g/mol. The third-order valence-electron chi connectivity index (χ3n) is 5.95. The minimum Gasteiger partial charge on any atom is -0.453 e. The Bertz CT molecular complexity index is 1180. The van der Waals surface area contributed by atoms with E-state index in [1.54, 1.807) is 0 Å². The largest absolute Gasteiger partial charge is 0.453 e. The molecule has 0 saturated carbocycles. The van der Waals surface area contributed by atoms with E-state index in [1.165, 1.54) is 6.26 Å². The van der Waals surface area contributed by atoms with Gasteiger partial charge in [-0.25, -0.2) is 19.2 Å². The maximum absolute atomic E-state index is 15.3. The molecule has 12 heteroatoms. The number of rotatable bonds is 2. The lowest BCUT2D eigenvalue weighted by Crippen LogP contribution is -2.57. The lowest BCUT2D eigenvalue weighted by molar-refractivity contribution is 0.0123. The number of benzene rings is 1. The number of hydrogen-bond donors (Lipinski definition) is 0. The van der Waals surface area contributed by atoms with Crippen LogP contribution in [0.3, 0.4) is 0 Å². The average molecular weight is 543 g/mol.